The van der Waals surface area contributed by atoms with Crippen molar-refractivity contribution in [2.75, 3.05) is 11.1 Å². The fourth-order valence-electron chi connectivity index (χ4n) is 2.06. The minimum atomic E-state index is -1.01. The molecule has 3 nitrogen and oxygen atoms in total. The summed E-state index contributed by atoms with van der Waals surface area (Å²) in [4.78, 5) is 4.29. The molecule has 1 aromatic heterocycles. The largest absolute Gasteiger partial charge is 0.397 e. The Hall–Kier alpha value is -2.21. The van der Waals surface area contributed by atoms with Crippen LogP contribution in [0.25, 0.3) is 10.9 Å². The minimum absolute atomic E-state index is 0.0905. The highest BCUT2D eigenvalue weighted by molar-refractivity contribution is 9.10. The van der Waals surface area contributed by atoms with Gasteiger partial charge in [-0.1, -0.05) is 12.1 Å². The number of rotatable bonds is 2. The number of fused-ring (bicyclic) bond motifs is 1. The SMILES string of the molecule is Nc1ccc(F)c(F)c1Nc1cccc2cc(Br)cnc12. The van der Waals surface area contributed by atoms with Gasteiger partial charge in [-0.05, 0) is 40.2 Å². The van der Waals surface area contributed by atoms with Gasteiger partial charge in [-0.15, -0.1) is 0 Å². The molecule has 3 aromatic rings. The number of nitrogens with one attached hydrogen (secondary N) is 1. The molecule has 0 saturated heterocycles. The van der Waals surface area contributed by atoms with Crippen molar-refractivity contribution in [1.29, 1.82) is 0 Å². The van der Waals surface area contributed by atoms with Gasteiger partial charge in [-0.3, -0.25) is 4.98 Å². The lowest BCUT2D eigenvalue weighted by molar-refractivity contribution is 0.512. The van der Waals surface area contributed by atoms with Gasteiger partial charge in [0, 0.05) is 16.1 Å². The lowest BCUT2D eigenvalue weighted by atomic mass is 10.1. The van der Waals surface area contributed by atoms with E-state index in [-0.39, 0.29) is 11.4 Å². The van der Waals surface area contributed by atoms with Crippen LogP contribution in [0.3, 0.4) is 0 Å². The first-order valence-corrected chi connectivity index (χ1v) is 6.90. The molecule has 0 amide bonds. The molecule has 1 heterocycles. The fourth-order valence-corrected chi connectivity index (χ4v) is 2.41. The van der Waals surface area contributed by atoms with Crippen LogP contribution in [0.15, 0.2) is 47.1 Å². The predicted molar refractivity (Wildman–Crippen MR) is 83.5 cm³/mol. The summed E-state index contributed by atoms with van der Waals surface area (Å²) in [5.41, 5.74) is 6.94. The third-order valence-electron chi connectivity index (χ3n) is 3.06. The molecular weight excluding hydrogens is 340 g/mol. The minimum Gasteiger partial charge on any atom is -0.397 e. The summed E-state index contributed by atoms with van der Waals surface area (Å²) < 4.78 is 28.0. The second kappa shape index (κ2) is 5.29. The van der Waals surface area contributed by atoms with Gasteiger partial charge in [0.1, 0.15) is 5.69 Å². The van der Waals surface area contributed by atoms with Gasteiger partial charge >= 0.3 is 0 Å². The fraction of sp³-hybridized carbons (Fsp3) is 0. The molecule has 3 N–H and O–H groups in total. The van der Waals surface area contributed by atoms with Gasteiger partial charge in [0.25, 0.3) is 0 Å². The van der Waals surface area contributed by atoms with Crippen LogP contribution in [0.5, 0.6) is 0 Å². The number of hydrogen-bond donors (Lipinski definition) is 2. The van der Waals surface area contributed by atoms with E-state index in [4.69, 9.17) is 5.73 Å². The van der Waals surface area contributed by atoms with Gasteiger partial charge in [0.2, 0.25) is 0 Å². The van der Waals surface area contributed by atoms with E-state index in [2.05, 4.69) is 26.2 Å². The second-order valence-corrected chi connectivity index (χ2v) is 5.40. The maximum absolute atomic E-state index is 13.9. The van der Waals surface area contributed by atoms with Crippen LogP contribution < -0.4 is 11.1 Å². The molecule has 0 radical (unpaired) electrons. The maximum atomic E-state index is 13.9. The first kappa shape index (κ1) is 13.8. The molecule has 0 aliphatic carbocycles. The maximum Gasteiger partial charge on any atom is 0.184 e. The molecule has 3 rings (SSSR count). The molecule has 21 heavy (non-hydrogen) atoms. The predicted octanol–water partition coefficient (Wildman–Crippen LogP) is 4.60. The molecule has 0 spiro atoms. The number of nitrogen functional groups attached to an aromatic ring is 1. The molecule has 2 aromatic carbocycles. The van der Waals surface area contributed by atoms with Crippen LogP contribution in [-0.2, 0) is 0 Å². The Balaban J connectivity index is 2.13. The van der Waals surface area contributed by atoms with E-state index in [1.165, 1.54) is 6.07 Å². The molecule has 0 unspecified atom stereocenters. The Morgan fingerprint density at radius 3 is 2.76 bits per heavy atom. The van der Waals surface area contributed by atoms with Crippen molar-refractivity contribution in [3.63, 3.8) is 0 Å². The van der Waals surface area contributed by atoms with E-state index < -0.39 is 11.6 Å². The summed E-state index contributed by atoms with van der Waals surface area (Å²) in [6.45, 7) is 0. The van der Waals surface area contributed by atoms with Crippen molar-refractivity contribution in [3.05, 3.63) is 58.7 Å². The van der Waals surface area contributed by atoms with Crippen LogP contribution in [0, 0.1) is 11.6 Å². The number of nitrogens with zero attached hydrogens (tertiary/aromatic N) is 1. The highest BCUT2D eigenvalue weighted by atomic mass is 79.9. The summed E-state index contributed by atoms with van der Waals surface area (Å²) in [5, 5.41) is 3.69. The van der Waals surface area contributed by atoms with E-state index in [1.807, 2.05) is 12.1 Å². The third-order valence-corrected chi connectivity index (χ3v) is 3.50. The number of anilines is 3. The van der Waals surface area contributed by atoms with Crippen LogP contribution in [0.2, 0.25) is 0 Å². The zero-order chi connectivity index (χ0) is 15.0. The molecule has 0 fully saturated rings. The highest BCUT2D eigenvalue weighted by Gasteiger charge is 2.13. The number of para-hydroxylation sites is 1. The van der Waals surface area contributed by atoms with Crippen molar-refractivity contribution in [3.8, 4) is 0 Å². The Morgan fingerprint density at radius 1 is 1.14 bits per heavy atom. The second-order valence-electron chi connectivity index (χ2n) is 4.48. The molecule has 0 aliphatic rings. The zero-order valence-corrected chi connectivity index (χ0v) is 12.3. The Kier molecular flexibility index (Phi) is 3.47. The van der Waals surface area contributed by atoms with E-state index in [0.29, 0.717) is 11.2 Å². The topological polar surface area (TPSA) is 50.9 Å². The van der Waals surface area contributed by atoms with E-state index in [0.717, 1.165) is 15.9 Å². The summed E-state index contributed by atoms with van der Waals surface area (Å²) in [6, 6.07) is 9.60. The lowest BCUT2D eigenvalue weighted by Crippen LogP contribution is -2.02. The van der Waals surface area contributed by atoms with Crippen molar-refractivity contribution in [1.82, 2.24) is 4.98 Å². The average molecular weight is 350 g/mol. The van der Waals surface area contributed by atoms with Gasteiger partial charge < -0.3 is 11.1 Å². The van der Waals surface area contributed by atoms with E-state index in [1.54, 1.807) is 18.3 Å². The van der Waals surface area contributed by atoms with Gasteiger partial charge in [0.15, 0.2) is 11.6 Å². The number of halogens is 3. The molecule has 0 bridgehead atoms. The number of aromatic nitrogens is 1. The first-order valence-electron chi connectivity index (χ1n) is 6.11. The van der Waals surface area contributed by atoms with Gasteiger partial charge in [-0.25, -0.2) is 8.78 Å². The third kappa shape index (κ3) is 2.54. The molecule has 0 atom stereocenters. The summed E-state index contributed by atoms with van der Waals surface area (Å²) in [7, 11) is 0. The summed E-state index contributed by atoms with van der Waals surface area (Å²) >= 11 is 3.34. The Morgan fingerprint density at radius 2 is 1.95 bits per heavy atom. The van der Waals surface area contributed by atoms with Crippen LogP contribution in [0.4, 0.5) is 25.8 Å². The van der Waals surface area contributed by atoms with Crippen LogP contribution >= 0.6 is 15.9 Å². The van der Waals surface area contributed by atoms with Crippen molar-refractivity contribution in [2.24, 2.45) is 0 Å². The van der Waals surface area contributed by atoms with E-state index in [9.17, 15) is 8.78 Å². The standard InChI is InChI=1S/C15H10BrF2N3/c16-9-6-8-2-1-3-12(14(8)20-7-9)21-15-11(19)5-4-10(17)13(15)18/h1-7,21H,19H2. The zero-order valence-electron chi connectivity index (χ0n) is 10.7. The Bertz CT molecular complexity index is 837. The van der Waals surface area contributed by atoms with Crippen molar-refractivity contribution in [2.45, 2.75) is 0 Å². The van der Waals surface area contributed by atoms with Crippen molar-refractivity contribution < 1.29 is 8.78 Å². The molecule has 106 valence electrons. The normalized spacial score (nSPS) is 10.8. The molecule has 6 heteroatoms. The number of hydrogen-bond acceptors (Lipinski definition) is 3. The van der Waals surface area contributed by atoms with Gasteiger partial charge in [0.05, 0.1) is 16.9 Å². The number of nitrogens with two attached hydrogens (primary N) is 1. The van der Waals surface area contributed by atoms with Crippen LogP contribution in [-0.4, -0.2) is 4.98 Å². The first-order chi connectivity index (χ1) is 10.1. The van der Waals surface area contributed by atoms with E-state index >= 15 is 0 Å². The highest BCUT2D eigenvalue weighted by Crippen LogP contribution is 2.31. The summed E-state index contributed by atoms with van der Waals surface area (Å²) in [6.07, 6.45) is 1.64. The van der Waals surface area contributed by atoms with Crippen LogP contribution in [0.1, 0.15) is 0 Å². The molecular formula is C15H10BrF2N3. The lowest BCUT2D eigenvalue weighted by Gasteiger charge is -2.12. The molecule has 0 aliphatic heterocycles. The number of benzene rings is 2. The quantitative estimate of drug-likeness (QED) is 0.664. The average Bonchev–Trinajstić information content (AvgIpc) is 2.47. The smallest absolute Gasteiger partial charge is 0.184 e. The summed E-state index contributed by atoms with van der Waals surface area (Å²) in [5.74, 6) is -1.97. The monoisotopic (exact) mass is 349 g/mol. The van der Waals surface area contributed by atoms with Gasteiger partial charge in [-0.2, -0.15) is 0 Å². The Labute approximate surface area is 127 Å². The van der Waals surface area contributed by atoms with Crippen molar-refractivity contribution >= 4 is 43.9 Å². The number of pyridine rings is 1. The molecule has 0 saturated carbocycles.